The molecule has 0 radical (unpaired) electrons. The number of likely N-dealkylation sites (tertiary alicyclic amines) is 1. The van der Waals surface area contributed by atoms with Crippen LogP contribution >= 0.6 is 15.9 Å². The molecule has 1 aromatic carbocycles. The zero-order chi connectivity index (χ0) is 12.3. The van der Waals surface area contributed by atoms with E-state index in [0.29, 0.717) is 11.5 Å². The van der Waals surface area contributed by atoms with Gasteiger partial charge in [0.05, 0.1) is 0 Å². The predicted molar refractivity (Wildman–Crippen MR) is 68.8 cm³/mol. The van der Waals surface area contributed by atoms with Crippen molar-refractivity contribution in [2.24, 2.45) is 5.92 Å². The van der Waals surface area contributed by atoms with Gasteiger partial charge in [-0.15, -0.1) is 0 Å². The van der Waals surface area contributed by atoms with Crippen molar-refractivity contribution in [3.8, 4) is 0 Å². The molecule has 0 bridgehead atoms. The maximum atomic E-state index is 12.8. The minimum Gasteiger partial charge on any atom is -0.338 e. The molecule has 1 aliphatic rings. The van der Waals surface area contributed by atoms with Crippen molar-refractivity contribution in [1.82, 2.24) is 4.90 Å². The molecule has 2 nitrogen and oxygen atoms in total. The molecule has 1 heterocycles. The Morgan fingerprint density at radius 2 is 2.12 bits per heavy atom. The van der Waals surface area contributed by atoms with Gasteiger partial charge in [-0.3, -0.25) is 4.79 Å². The van der Waals surface area contributed by atoms with E-state index in [4.69, 9.17) is 0 Å². The lowest BCUT2D eigenvalue weighted by molar-refractivity contribution is 0.0787. The Balaban J connectivity index is 1.99. The van der Waals surface area contributed by atoms with Crippen LogP contribution in [0.1, 0.15) is 23.2 Å². The summed E-state index contributed by atoms with van der Waals surface area (Å²) < 4.78 is 12.8. The first kappa shape index (κ1) is 12.6. The van der Waals surface area contributed by atoms with E-state index >= 15 is 0 Å². The van der Waals surface area contributed by atoms with E-state index in [9.17, 15) is 9.18 Å². The SMILES string of the molecule is O=C(c1ccc(F)cc1)N1CCC(CCBr)C1. The summed E-state index contributed by atoms with van der Waals surface area (Å²) in [6, 6.07) is 5.77. The van der Waals surface area contributed by atoms with Crippen LogP contribution in [0.4, 0.5) is 4.39 Å². The van der Waals surface area contributed by atoms with Crippen LogP contribution in [-0.4, -0.2) is 29.2 Å². The fourth-order valence-electron chi connectivity index (χ4n) is 2.18. The molecule has 1 saturated heterocycles. The fourth-order valence-corrected chi connectivity index (χ4v) is 2.83. The van der Waals surface area contributed by atoms with Crippen molar-refractivity contribution in [1.29, 1.82) is 0 Å². The summed E-state index contributed by atoms with van der Waals surface area (Å²) in [5, 5.41) is 0.982. The Morgan fingerprint density at radius 1 is 1.41 bits per heavy atom. The second kappa shape index (κ2) is 5.63. The van der Waals surface area contributed by atoms with Crippen molar-refractivity contribution >= 4 is 21.8 Å². The molecule has 2 rings (SSSR count). The maximum Gasteiger partial charge on any atom is 0.253 e. The van der Waals surface area contributed by atoms with Crippen LogP contribution in [0.3, 0.4) is 0 Å². The number of rotatable bonds is 3. The van der Waals surface area contributed by atoms with Crippen molar-refractivity contribution in [2.45, 2.75) is 12.8 Å². The molecule has 0 aromatic heterocycles. The quantitative estimate of drug-likeness (QED) is 0.786. The highest BCUT2D eigenvalue weighted by molar-refractivity contribution is 9.09. The molecule has 1 atom stereocenters. The Labute approximate surface area is 109 Å². The van der Waals surface area contributed by atoms with E-state index in [0.717, 1.165) is 31.3 Å². The maximum absolute atomic E-state index is 12.8. The van der Waals surface area contributed by atoms with Crippen molar-refractivity contribution in [3.63, 3.8) is 0 Å². The van der Waals surface area contributed by atoms with E-state index in [1.54, 1.807) is 12.1 Å². The largest absolute Gasteiger partial charge is 0.338 e. The standard InChI is InChI=1S/C13H15BrFNO/c14-7-5-10-6-8-16(9-10)13(17)11-1-3-12(15)4-2-11/h1-4,10H,5-9H2. The number of benzene rings is 1. The average Bonchev–Trinajstić information content (AvgIpc) is 2.78. The highest BCUT2D eigenvalue weighted by Crippen LogP contribution is 2.22. The van der Waals surface area contributed by atoms with E-state index < -0.39 is 0 Å². The van der Waals surface area contributed by atoms with Gasteiger partial charge in [0, 0.05) is 24.0 Å². The molecular weight excluding hydrogens is 285 g/mol. The third kappa shape index (κ3) is 3.06. The normalized spacial score (nSPS) is 19.6. The molecule has 0 aliphatic carbocycles. The Hall–Kier alpha value is -0.900. The Kier molecular flexibility index (Phi) is 4.15. The second-order valence-corrected chi connectivity index (χ2v) is 5.18. The average molecular weight is 300 g/mol. The zero-order valence-corrected chi connectivity index (χ0v) is 11.1. The Morgan fingerprint density at radius 3 is 2.76 bits per heavy atom. The third-order valence-electron chi connectivity index (χ3n) is 3.18. The smallest absolute Gasteiger partial charge is 0.253 e. The molecule has 0 spiro atoms. The molecule has 0 saturated carbocycles. The first-order chi connectivity index (χ1) is 8.20. The summed E-state index contributed by atoms with van der Waals surface area (Å²) in [5.74, 6) is 0.306. The molecule has 0 N–H and O–H groups in total. The van der Waals surface area contributed by atoms with Gasteiger partial charge >= 0.3 is 0 Å². The lowest BCUT2D eigenvalue weighted by atomic mass is 10.1. The lowest BCUT2D eigenvalue weighted by Gasteiger charge is -2.16. The van der Waals surface area contributed by atoms with Crippen LogP contribution in [0.2, 0.25) is 0 Å². The van der Waals surface area contributed by atoms with Crippen molar-refractivity contribution < 1.29 is 9.18 Å². The fraction of sp³-hybridized carbons (Fsp3) is 0.462. The minimum absolute atomic E-state index is 0.0158. The van der Waals surface area contributed by atoms with Crippen LogP contribution in [0, 0.1) is 11.7 Å². The number of amides is 1. The van der Waals surface area contributed by atoms with Gasteiger partial charge in [-0.25, -0.2) is 4.39 Å². The summed E-state index contributed by atoms with van der Waals surface area (Å²) in [6.07, 6.45) is 2.17. The van der Waals surface area contributed by atoms with Gasteiger partial charge in [0.25, 0.3) is 5.91 Å². The molecule has 4 heteroatoms. The number of carbonyl (C=O) groups excluding carboxylic acids is 1. The van der Waals surface area contributed by atoms with Crippen molar-refractivity contribution in [2.75, 3.05) is 18.4 Å². The van der Waals surface area contributed by atoms with E-state index in [2.05, 4.69) is 15.9 Å². The zero-order valence-electron chi connectivity index (χ0n) is 9.53. The second-order valence-electron chi connectivity index (χ2n) is 4.39. The summed E-state index contributed by atoms with van der Waals surface area (Å²) in [7, 11) is 0. The molecule has 1 aliphatic heterocycles. The van der Waals surface area contributed by atoms with Gasteiger partial charge in [0.15, 0.2) is 0 Å². The molecule has 1 fully saturated rings. The number of alkyl halides is 1. The highest BCUT2D eigenvalue weighted by Gasteiger charge is 2.26. The van der Waals surface area contributed by atoms with Crippen LogP contribution in [0.5, 0.6) is 0 Å². The van der Waals surface area contributed by atoms with Gasteiger partial charge in [0.2, 0.25) is 0 Å². The van der Waals surface area contributed by atoms with E-state index in [1.165, 1.54) is 12.1 Å². The van der Waals surface area contributed by atoms with Gasteiger partial charge in [-0.05, 0) is 43.0 Å². The topological polar surface area (TPSA) is 20.3 Å². The summed E-state index contributed by atoms with van der Waals surface area (Å²) in [4.78, 5) is 14.0. The lowest BCUT2D eigenvalue weighted by Crippen LogP contribution is -2.28. The van der Waals surface area contributed by atoms with Crippen LogP contribution in [-0.2, 0) is 0 Å². The molecule has 17 heavy (non-hydrogen) atoms. The number of hydrogen-bond acceptors (Lipinski definition) is 1. The molecule has 1 unspecified atom stereocenters. The Bertz CT molecular complexity index is 393. The van der Waals surface area contributed by atoms with Gasteiger partial charge in [0.1, 0.15) is 5.82 Å². The summed E-state index contributed by atoms with van der Waals surface area (Å²) >= 11 is 3.42. The number of hydrogen-bond donors (Lipinski definition) is 0. The minimum atomic E-state index is -0.305. The highest BCUT2D eigenvalue weighted by atomic mass is 79.9. The van der Waals surface area contributed by atoms with Gasteiger partial charge < -0.3 is 4.90 Å². The number of carbonyl (C=O) groups is 1. The van der Waals surface area contributed by atoms with Gasteiger partial charge in [-0.2, -0.15) is 0 Å². The number of nitrogens with zero attached hydrogens (tertiary/aromatic N) is 1. The van der Waals surface area contributed by atoms with E-state index in [-0.39, 0.29) is 11.7 Å². The van der Waals surface area contributed by atoms with E-state index in [1.807, 2.05) is 4.90 Å². The van der Waals surface area contributed by atoms with Gasteiger partial charge in [-0.1, -0.05) is 15.9 Å². The monoisotopic (exact) mass is 299 g/mol. The first-order valence-corrected chi connectivity index (χ1v) is 6.93. The third-order valence-corrected chi connectivity index (χ3v) is 3.64. The molecule has 1 aromatic rings. The summed E-state index contributed by atoms with van der Waals surface area (Å²) in [6.45, 7) is 1.63. The first-order valence-electron chi connectivity index (χ1n) is 5.81. The molecule has 92 valence electrons. The van der Waals surface area contributed by atoms with Crippen LogP contribution < -0.4 is 0 Å². The van der Waals surface area contributed by atoms with Crippen LogP contribution in [0.15, 0.2) is 24.3 Å². The summed E-state index contributed by atoms with van der Waals surface area (Å²) in [5.41, 5.74) is 0.575. The van der Waals surface area contributed by atoms with Crippen molar-refractivity contribution in [3.05, 3.63) is 35.6 Å². The molecule has 1 amide bonds. The molecular formula is C13H15BrFNO. The number of halogens is 2. The van der Waals surface area contributed by atoms with Crippen LogP contribution in [0.25, 0.3) is 0 Å². The predicted octanol–water partition coefficient (Wildman–Crippen LogP) is 3.07.